The van der Waals surface area contributed by atoms with E-state index in [0.717, 1.165) is 12.8 Å². The minimum Gasteiger partial charge on any atom is -0.294 e. The number of rotatable bonds is 6. The van der Waals surface area contributed by atoms with Crippen LogP contribution in [0.1, 0.15) is 26.7 Å². The van der Waals surface area contributed by atoms with Crippen LogP contribution < -0.4 is 0 Å². The van der Waals surface area contributed by atoms with E-state index >= 15 is 0 Å². The minimum absolute atomic E-state index is 0.458. The van der Waals surface area contributed by atoms with Gasteiger partial charge in [-0.2, -0.15) is 4.89 Å². The maximum atomic E-state index is 10.8. The van der Waals surface area contributed by atoms with Crippen molar-refractivity contribution in [1.82, 2.24) is 0 Å². The first kappa shape index (κ1) is 11.9. The van der Waals surface area contributed by atoms with Crippen LogP contribution in [0.5, 0.6) is 0 Å². The maximum Gasteiger partial charge on any atom is 0.365 e. The van der Waals surface area contributed by atoms with Crippen molar-refractivity contribution in [3.63, 3.8) is 0 Å². The highest BCUT2D eigenvalue weighted by molar-refractivity contribution is 5.81. The minimum atomic E-state index is -0.478. The summed E-state index contributed by atoms with van der Waals surface area (Å²) >= 11 is 0. The Balaban J connectivity index is 3.40. The van der Waals surface area contributed by atoms with Gasteiger partial charge in [0.15, 0.2) is 0 Å². The van der Waals surface area contributed by atoms with Gasteiger partial charge in [-0.3, -0.25) is 4.89 Å². The fraction of sp³-hybridized carbons (Fsp3) is 0.500. The van der Waals surface area contributed by atoms with E-state index in [1.807, 2.05) is 19.9 Å². The van der Waals surface area contributed by atoms with Gasteiger partial charge in [-0.05, 0) is 13.3 Å². The fourth-order valence-corrected chi connectivity index (χ4v) is 0.576. The van der Waals surface area contributed by atoms with Crippen LogP contribution >= 0.6 is 0 Å². The van der Waals surface area contributed by atoms with Gasteiger partial charge in [-0.25, -0.2) is 4.79 Å². The molecule has 0 saturated carbocycles. The summed E-state index contributed by atoms with van der Waals surface area (Å²) in [7, 11) is 0. The van der Waals surface area contributed by atoms with Gasteiger partial charge in [0.25, 0.3) is 0 Å². The topological polar surface area (TPSA) is 35.5 Å². The third-order valence-electron chi connectivity index (χ3n) is 1.26. The molecule has 0 amide bonds. The highest BCUT2D eigenvalue weighted by Crippen LogP contribution is 1.90. The average Bonchev–Trinajstić information content (AvgIpc) is 2.13. The number of allylic oxidation sites excluding steroid dienone is 3. The van der Waals surface area contributed by atoms with Gasteiger partial charge < -0.3 is 0 Å². The monoisotopic (exact) mass is 184 g/mol. The smallest absolute Gasteiger partial charge is 0.294 e. The molecule has 0 fully saturated rings. The standard InChI is InChI=1S/C10H16O3/c1-3-5-7-8-10(11)13-12-9-6-4-2/h3,5,7-8H,4,6,9H2,1-2H3/b5-3+,8-7+. The van der Waals surface area contributed by atoms with E-state index in [9.17, 15) is 4.79 Å². The van der Waals surface area contributed by atoms with E-state index < -0.39 is 5.97 Å². The molecule has 0 radical (unpaired) electrons. The molecule has 0 aliphatic carbocycles. The lowest BCUT2D eigenvalue weighted by molar-refractivity contribution is -0.267. The van der Waals surface area contributed by atoms with Crippen LogP contribution in [0.4, 0.5) is 0 Å². The summed E-state index contributed by atoms with van der Waals surface area (Å²) in [5.74, 6) is -0.478. The molecule has 3 heteroatoms. The third-order valence-corrected chi connectivity index (χ3v) is 1.26. The van der Waals surface area contributed by atoms with E-state index in [1.165, 1.54) is 6.08 Å². The number of unbranched alkanes of at least 4 members (excludes halogenated alkanes) is 1. The second kappa shape index (κ2) is 9.00. The summed E-state index contributed by atoms with van der Waals surface area (Å²) in [5, 5.41) is 0. The lowest BCUT2D eigenvalue weighted by Crippen LogP contribution is -2.02. The Morgan fingerprint density at radius 2 is 2.15 bits per heavy atom. The highest BCUT2D eigenvalue weighted by atomic mass is 17.2. The molecule has 74 valence electrons. The average molecular weight is 184 g/mol. The zero-order chi connectivity index (χ0) is 9.94. The van der Waals surface area contributed by atoms with E-state index in [0.29, 0.717) is 6.61 Å². The van der Waals surface area contributed by atoms with Crippen LogP contribution in [0.3, 0.4) is 0 Å². The summed E-state index contributed by atoms with van der Waals surface area (Å²) in [6, 6.07) is 0. The van der Waals surface area contributed by atoms with Gasteiger partial charge in [-0.1, -0.05) is 31.6 Å². The van der Waals surface area contributed by atoms with Crippen molar-refractivity contribution in [3.8, 4) is 0 Å². The molecule has 3 nitrogen and oxygen atoms in total. The molecule has 0 aliphatic heterocycles. The maximum absolute atomic E-state index is 10.8. The van der Waals surface area contributed by atoms with E-state index in [4.69, 9.17) is 0 Å². The van der Waals surface area contributed by atoms with Gasteiger partial charge >= 0.3 is 5.97 Å². The molecule has 0 aromatic heterocycles. The van der Waals surface area contributed by atoms with Crippen LogP contribution in [0.25, 0.3) is 0 Å². The Bertz CT molecular complexity index is 183. The Labute approximate surface area is 79.0 Å². The van der Waals surface area contributed by atoms with Crippen LogP contribution in [0.2, 0.25) is 0 Å². The van der Waals surface area contributed by atoms with Gasteiger partial charge in [-0.15, -0.1) is 0 Å². The van der Waals surface area contributed by atoms with Crippen molar-refractivity contribution in [1.29, 1.82) is 0 Å². The third kappa shape index (κ3) is 8.82. The molecule has 0 aromatic rings. The highest BCUT2D eigenvalue weighted by Gasteiger charge is 1.95. The Hall–Kier alpha value is -1.09. The Morgan fingerprint density at radius 3 is 2.77 bits per heavy atom. The van der Waals surface area contributed by atoms with Gasteiger partial charge in [0.1, 0.15) is 0 Å². The number of carbonyl (C=O) groups excluding carboxylic acids is 1. The van der Waals surface area contributed by atoms with Crippen molar-refractivity contribution in [2.45, 2.75) is 26.7 Å². The van der Waals surface area contributed by atoms with Crippen molar-refractivity contribution in [2.24, 2.45) is 0 Å². The predicted molar refractivity (Wildman–Crippen MR) is 50.9 cm³/mol. The lowest BCUT2D eigenvalue weighted by Gasteiger charge is -1.98. The summed E-state index contributed by atoms with van der Waals surface area (Å²) in [4.78, 5) is 19.9. The molecule has 0 heterocycles. The van der Waals surface area contributed by atoms with E-state index in [2.05, 4.69) is 9.78 Å². The SMILES string of the molecule is C/C=C/C=C/C(=O)OOCCCC. The van der Waals surface area contributed by atoms with Crippen LogP contribution in [-0.2, 0) is 14.6 Å². The van der Waals surface area contributed by atoms with Crippen molar-refractivity contribution < 1.29 is 14.6 Å². The van der Waals surface area contributed by atoms with Crippen LogP contribution in [-0.4, -0.2) is 12.6 Å². The Morgan fingerprint density at radius 1 is 1.38 bits per heavy atom. The van der Waals surface area contributed by atoms with Gasteiger partial charge in [0.05, 0.1) is 6.61 Å². The quantitative estimate of drug-likeness (QED) is 0.209. The molecule has 0 spiro atoms. The number of carbonyl (C=O) groups is 1. The second-order valence-corrected chi connectivity index (χ2v) is 2.46. The van der Waals surface area contributed by atoms with E-state index in [1.54, 1.807) is 12.2 Å². The summed E-state index contributed by atoms with van der Waals surface area (Å²) in [6.07, 6.45) is 8.39. The fourth-order valence-electron chi connectivity index (χ4n) is 0.576. The largest absolute Gasteiger partial charge is 0.365 e. The first-order valence-corrected chi connectivity index (χ1v) is 4.44. The Kier molecular flexibility index (Phi) is 8.25. The molecule has 0 unspecified atom stereocenters. The number of hydrogen-bond acceptors (Lipinski definition) is 3. The predicted octanol–water partition coefficient (Wildman–Crippen LogP) is 2.39. The van der Waals surface area contributed by atoms with Crippen molar-refractivity contribution >= 4 is 5.97 Å². The van der Waals surface area contributed by atoms with Crippen LogP contribution in [0.15, 0.2) is 24.3 Å². The molecule has 0 aromatic carbocycles. The summed E-state index contributed by atoms with van der Waals surface area (Å²) in [6.45, 7) is 4.37. The molecule has 13 heavy (non-hydrogen) atoms. The molecular formula is C10H16O3. The molecule has 0 saturated heterocycles. The number of hydrogen-bond donors (Lipinski definition) is 0. The normalized spacial score (nSPS) is 11.2. The molecule has 0 atom stereocenters. The van der Waals surface area contributed by atoms with Gasteiger partial charge in [0.2, 0.25) is 0 Å². The van der Waals surface area contributed by atoms with Crippen LogP contribution in [0, 0.1) is 0 Å². The zero-order valence-electron chi connectivity index (χ0n) is 8.16. The second-order valence-electron chi connectivity index (χ2n) is 2.46. The van der Waals surface area contributed by atoms with Gasteiger partial charge in [0, 0.05) is 6.08 Å². The lowest BCUT2D eigenvalue weighted by atomic mass is 10.4. The van der Waals surface area contributed by atoms with Crippen molar-refractivity contribution in [3.05, 3.63) is 24.3 Å². The zero-order valence-corrected chi connectivity index (χ0v) is 8.16. The molecule has 0 rings (SSSR count). The molecule has 0 bridgehead atoms. The summed E-state index contributed by atoms with van der Waals surface area (Å²) in [5.41, 5.74) is 0. The molecular weight excluding hydrogens is 168 g/mol. The first-order chi connectivity index (χ1) is 6.31. The molecule has 0 aliphatic rings. The molecule has 0 N–H and O–H groups in total. The van der Waals surface area contributed by atoms with Crippen molar-refractivity contribution in [2.75, 3.05) is 6.61 Å². The first-order valence-electron chi connectivity index (χ1n) is 4.44. The summed E-state index contributed by atoms with van der Waals surface area (Å²) < 4.78 is 0. The van der Waals surface area contributed by atoms with E-state index in [-0.39, 0.29) is 0 Å².